The van der Waals surface area contributed by atoms with Gasteiger partial charge in [0.15, 0.2) is 0 Å². The Kier molecular flexibility index (Phi) is 5.25. The van der Waals surface area contributed by atoms with E-state index in [4.69, 9.17) is 0 Å². The fraction of sp³-hybridized carbons (Fsp3) is 0.818. The number of nitrogens with zero attached hydrogens (tertiary/aromatic N) is 1. The number of likely N-dealkylation sites (N-methyl/N-ethyl adjacent to an activating group) is 2. The van der Waals surface area contributed by atoms with Crippen molar-refractivity contribution in [2.75, 3.05) is 27.2 Å². The smallest absolute Gasteiger partial charge is 0.239 e. The Morgan fingerprint density at radius 1 is 1.38 bits per heavy atom. The maximum absolute atomic E-state index is 12.0. The van der Waals surface area contributed by atoms with Crippen LogP contribution in [0.5, 0.6) is 0 Å². The molecule has 1 fully saturated rings. The molecule has 2 N–H and O–H groups in total. The summed E-state index contributed by atoms with van der Waals surface area (Å²) in [5, 5.41) is 5.74. The topological polar surface area (TPSA) is 61.4 Å². The van der Waals surface area contributed by atoms with Gasteiger partial charge in [-0.25, -0.2) is 0 Å². The van der Waals surface area contributed by atoms with E-state index < -0.39 is 0 Å². The largest absolute Gasteiger partial charge is 0.358 e. The second-order valence-corrected chi connectivity index (χ2v) is 4.22. The van der Waals surface area contributed by atoms with Gasteiger partial charge in [-0.15, -0.1) is 0 Å². The molecule has 5 nitrogen and oxygen atoms in total. The first-order valence-corrected chi connectivity index (χ1v) is 5.84. The van der Waals surface area contributed by atoms with E-state index in [0.717, 1.165) is 25.8 Å². The zero-order chi connectivity index (χ0) is 12.0. The predicted octanol–water partition coefficient (Wildman–Crippen LogP) is -0.277. The Bertz CT molecular complexity index is 248. The molecule has 1 atom stereocenters. The molecule has 5 heteroatoms. The van der Waals surface area contributed by atoms with Crippen LogP contribution in [0.4, 0.5) is 0 Å². The summed E-state index contributed by atoms with van der Waals surface area (Å²) in [5.41, 5.74) is 0. The quantitative estimate of drug-likeness (QED) is 0.697. The minimum absolute atomic E-state index is 0.0190. The van der Waals surface area contributed by atoms with Crippen LogP contribution >= 0.6 is 0 Å². The van der Waals surface area contributed by atoms with Gasteiger partial charge in [0.2, 0.25) is 11.8 Å². The Morgan fingerprint density at radius 2 is 2.12 bits per heavy atom. The molecule has 1 heterocycles. The minimum Gasteiger partial charge on any atom is -0.358 e. The number of nitrogens with one attached hydrogen (secondary N) is 2. The standard InChI is InChI=1S/C11H21N3O2/c1-12-10(15)8-14(2)11(16)9-6-4-3-5-7-13-9/h9,13H,3-8H2,1-2H3,(H,12,15). The van der Waals surface area contributed by atoms with Gasteiger partial charge in [-0.2, -0.15) is 0 Å². The van der Waals surface area contributed by atoms with Crippen molar-refractivity contribution in [1.29, 1.82) is 0 Å². The summed E-state index contributed by atoms with van der Waals surface area (Å²) in [6, 6.07) is -0.114. The summed E-state index contributed by atoms with van der Waals surface area (Å²) in [6.07, 6.45) is 4.26. The molecule has 1 aliphatic rings. The van der Waals surface area contributed by atoms with E-state index in [1.165, 1.54) is 11.3 Å². The molecular weight excluding hydrogens is 206 g/mol. The van der Waals surface area contributed by atoms with Crippen LogP contribution in [0.1, 0.15) is 25.7 Å². The molecule has 0 aromatic rings. The van der Waals surface area contributed by atoms with Crippen molar-refractivity contribution in [3.05, 3.63) is 0 Å². The second kappa shape index (κ2) is 6.48. The van der Waals surface area contributed by atoms with Gasteiger partial charge in [0.25, 0.3) is 0 Å². The van der Waals surface area contributed by atoms with E-state index >= 15 is 0 Å². The van der Waals surface area contributed by atoms with Gasteiger partial charge >= 0.3 is 0 Å². The molecule has 1 unspecified atom stereocenters. The monoisotopic (exact) mass is 227 g/mol. The van der Waals surface area contributed by atoms with Crippen molar-refractivity contribution in [2.45, 2.75) is 31.7 Å². The molecule has 1 saturated heterocycles. The maximum atomic E-state index is 12.0. The van der Waals surface area contributed by atoms with Crippen LogP contribution in [-0.4, -0.2) is 49.9 Å². The van der Waals surface area contributed by atoms with E-state index in [-0.39, 0.29) is 24.4 Å². The van der Waals surface area contributed by atoms with E-state index in [1.54, 1.807) is 14.1 Å². The fourth-order valence-electron chi connectivity index (χ4n) is 1.88. The van der Waals surface area contributed by atoms with Gasteiger partial charge in [-0.05, 0) is 19.4 Å². The third-order valence-electron chi connectivity index (χ3n) is 2.89. The average Bonchev–Trinajstić information content (AvgIpc) is 2.56. The van der Waals surface area contributed by atoms with Crippen LogP contribution < -0.4 is 10.6 Å². The second-order valence-electron chi connectivity index (χ2n) is 4.22. The number of amides is 2. The Hall–Kier alpha value is -1.10. The number of carbonyl (C=O) groups excluding carboxylic acids is 2. The van der Waals surface area contributed by atoms with Crippen LogP contribution in [0.15, 0.2) is 0 Å². The van der Waals surface area contributed by atoms with Gasteiger partial charge in [0, 0.05) is 14.1 Å². The van der Waals surface area contributed by atoms with E-state index in [2.05, 4.69) is 10.6 Å². The Morgan fingerprint density at radius 3 is 2.81 bits per heavy atom. The summed E-state index contributed by atoms with van der Waals surface area (Å²) in [5.74, 6) is -0.116. The third kappa shape index (κ3) is 3.81. The van der Waals surface area contributed by atoms with Crippen molar-refractivity contribution in [3.8, 4) is 0 Å². The molecule has 0 aliphatic carbocycles. The lowest BCUT2D eigenvalue weighted by Gasteiger charge is -2.22. The van der Waals surface area contributed by atoms with Gasteiger partial charge in [0.1, 0.15) is 0 Å². The van der Waals surface area contributed by atoms with Crippen molar-refractivity contribution >= 4 is 11.8 Å². The van der Waals surface area contributed by atoms with Gasteiger partial charge in [-0.1, -0.05) is 12.8 Å². The molecule has 0 spiro atoms. The highest BCUT2D eigenvalue weighted by Crippen LogP contribution is 2.10. The maximum Gasteiger partial charge on any atom is 0.239 e. The molecule has 2 amide bonds. The lowest BCUT2D eigenvalue weighted by Crippen LogP contribution is -2.47. The zero-order valence-electron chi connectivity index (χ0n) is 10.1. The zero-order valence-corrected chi connectivity index (χ0v) is 10.1. The molecule has 92 valence electrons. The summed E-state index contributed by atoms with van der Waals surface area (Å²) in [7, 11) is 3.24. The molecular formula is C11H21N3O2. The van der Waals surface area contributed by atoms with Crippen molar-refractivity contribution in [1.82, 2.24) is 15.5 Å². The number of hydrogen-bond acceptors (Lipinski definition) is 3. The SMILES string of the molecule is CNC(=O)CN(C)C(=O)C1CCCCCN1. The molecule has 0 aromatic carbocycles. The summed E-state index contributed by atoms with van der Waals surface area (Å²) < 4.78 is 0. The van der Waals surface area contributed by atoms with Gasteiger partial charge in [-0.3, -0.25) is 9.59 Å². The molecule has 0 radical (unpaired) electrons. The van der Waals surface area contributed by atoms with E-state index in [0.29, 0.717) is 0 Å². The molecule has 0 saturated carbocycles. The highest BCUT2D eigenvalue weighted by molar-refractivity contribution is 5.87. The fourth-order valence-corrected chi connectivity index (χ4v) is 1.88. The van der Waals surface area contributed by atoms with E-state index in [1.807, 2.05) is 0 Å². The first-order chi connectivity index (χ1) is 7.65. The van der Waals surface area contributed by atoms with Crippen LogP contribution in [0.3, 0.4) is 0 Å². The summed E-state index contributed by atoms with van der Waals surface area (Å²) in [6.45, 7) is 1.03. The molecule has 0 aromatic heterocycles. The van der Waals surface area contributed by atoms with Crippen LogP contribution in [0, 0.1) is 0 Å². The highest BCUT2D eigenvalue weighted by Gasteiger charge is 2.23. The Labute approximate surface area is 96.6 Å². The average molecular weight is 227 g/mol. The van der Waals surface area contributed by atoms with Crippen molar-refractivity contribution in [2.24, 2.45) is 0 Å². The number of carbonyl (C=O) groups is 2. The molecule has 1 aliphatic heterocycles. The summed E-state index contributed by atoms with van der Waals surface area (Å²) >= 11 is 0. The molecule has 16 heavy (non-hydrogen) atoms. The number of hydrogen-bond donors (Lipinski definition) is 2. The van der Waals surface area contributed by atoms with Crippen molar-refractivity contribution < 1.29 is 9.59 Å². The normalized spacial score (nSPS) is 21.0. The highest BCUT2D eigenvalue weighted by atomic mass is 16.2. The first kappa shape index (κ1) is 13.0. The van der Waals surface area contributed by atoms with Gasteiger partial charge in [0.05, 0.1) is 12.6 Å². The van der Waals surface area contributed by atoms with Crippen molar-refractivity contribution in [3.63, 3.8) is 0 Å². The van der Waals surface area contributed by atoms with Crippen LogP contribution in [0.25, 0.3) is 0 Å². The Balaban J connectivity index is 2.44. The lowest BCUT2D eigenvalue weighted by molar-refractivity contribution is -0.136. The molecule has 0 bridgehead atoms. The minimum atomic E-state index is -0.135. The van der Waals surface area contributed by atoms with Crippen LogP contribution in [0.2, 0.25) is 0 Å². The first-order valence-electron chi connectivity index (χ1n) is 5.84. The van der Waals surface area contributed by atoms with Crippen LogP contribution in [-0.2, 0) is 9.59 Å². The molecule has 1 rings (SSSR count). The van der Waals surface area contributed by atoms with E-state index in [9.17, 15) is 9.59 Å². The lowest BCUT2D eigenvalue weighted by atomic mass is 10.1. The number of rotatable bonds is 3. The third-order valence-corrected chi connectivity index (χ3v) is 2.89. The summed E-state index contributed by atoms with van der Waals surface area (Å²) in [4.78, 5) is 24.6. The predicted molar refractivity (Wildman–Crippen MR) is 62.0 cm³/mol. The van der Waals surface area contributed by atoms with Gasteiger partial charge < -0.3 is 15.5 Å².